The van der Waals surface area contributed by atoms with Gasteiger partial charge in [0.05, 0.1) is 0 Å². The Morgan fingerprint density at radius 2 is 2.11 bits per heavy atom. The third-order valence-electron chi connectivity index (χ3n) is 2.79. The summed E-state index contributed by atoms with van der Waals surface area (Å²) in [6.45, 7) is 4.06. The standard InChI is InChI=1S/C12H16N5.W/c1-10-8-11(14-9-13-2)16-12(15-10)17-6-4-3-5-7-17;/h2,8-9H,3-7H2,1H3;/q-1;. The van der Waals surface area contributed by atoms with Crippen LogP contribution in [-0.4, -0.2) is 33.9 Å². The molecule has 0 spiro atoms. The van der Waals surface area contributed by atoms with Crippen molar-refractivity contribution in [2.75, 3.05) is 18.0 Å². The van der Waals surface area contributed by atoms with Crippen molar-refractivity contribution in [1.82, 2.24) is 9.97 Å². The van der Waals surface area contributed by atoms with Gasteiger partial charge in [0.15, 0.2) is 0 Å². The summed E-state index contributed by atoms with van der Waals surface area (Å²) >= 11 is 1.31. The summed E-state index contributed by atoms with van der Waals surface area (Å²) in [5.74, 6) is 1.48. The zero-order chi connectivity index (χ0) is 12.8. The van der Waals surface area contributed by atoms with E-state index in [-0.39, 0.29) is 0 Å². The summed E-state index contributed by atoms with van der Waals surface area (Å²) in [7, 11) is 0. The van der Waals surface area contributed by atoms with Gasteiger partial charge in [-0.05, 0) is 0 Å². The van der Waals surface area contributed by atoms with Gasteiger partial charge in [0.25, 0.3) is 0 Å². The van der Waals surface area contributed by atoms with Crippen molar-refractivity contribution in [2.45, 2.75) is 26.2 Å². The van der Waals surface area contributed by atoms with Crippen molar-refractivity contribution in [3.05, 3.63) is 17.1 Å². The predicted octanol–water partition coefficient (Wildman–Crippen LogP) is 2.12. The van der Waals surface area contributed by atoms with Crippen LogP contribution < -0.4 is 4.90 Å². The summed E-state index contributed by atoms with van der Waals surface area (Å²) < 4.78 is 1.78. The molecule has 0 amide bonds. The molecule has 1 aromatic rings. The number of anilines is 1. The summed E-state index contributed by atoms with van der Waals surface area (Å²) in [6.07, 6.45) is 5.28. The Bertz CT molecular complexity index is 440. The van der Waals surface area contributed by atoms with Gasteiger partial charge in [0, 0.05) is 0 Å². The van der Waals surface area contributed by atoms with Gasteiger partial charge in [-0.25, -0.2) is 0 Å². The molecule has 0 atom stereocenters. The van der Waals surface area contributed by atoms with E-state index in [0.29, 0.717) is 5.82 Å². The number of hydrogen-bond donors (Lipinski definition) is 0. The first kappa shape index (κ1) is 13.3. The Balaban J connectivity index is 2.14. The molecule has 0 unspecified atom stereocenters. The van der Waals surface area contributed by atoms with E-state index in [9.17, 15) is 0 Å². The molecule has 0 N–H and O–H groups in total. The molecule has 0 bridgehead atoms. The fourth-order valence-electron chi connectivity index (χ4n) is 1.96. The molecule has 0 aliphatic carbocycles. The summed E-state index contributed by atoms with van der Waals surface area (Å²) in [6, 6.07) is 1.88. The molecule has 1 aliphatic rings. The van der Waals surface area contributed by atoms with Crippen LogP contribution in [0, 0.1) is 6.92 Å². The average Bonchev–Trinajstić information content (AvgIpc) is 2.39. The molecule has 1 aliphatic heterocycles. The van der Waals surface area contributed by atoms with Crippen LogP contribution in [0.15, 0.2) is 11.1 Å². The predicted molar refractivity (Wildman–Crippen MR) is 70.4 cm³/mol. The molecule has 0 aromatic carbocycles. The molecule has 0 saturated carbocycles. The second-order valence-electron chi connectivity index (χ2n) is 4.21. The minimum absolute atomic E-state index is 0.684. The number of aryl methyl sites for hydroxylation is 1. The van der Waals surface area contributed by atoms with Crippen LogP contribution >= 0.6 is 0 Å². The molecule has 5 nitrogen and oxygen atoms in total. The number of rotatable bonds is 4. The Morgan fingerprint density at radius 1 is 1.33 bits per heavy atom. The van der Waals surface area contributed by atoms with Gasteiger partial charge < -0.3 is 0 Å². The summed E-state index contributed by atoms with van der Waals surface area (Å²) in [4.78, 5) is 15.2. The maximum atomic E-state index is 4.49. The van der Waals surface area contributed by atoms with Crippen molar-refractivity contribution < 1.29 is 19.4 Å². The van der Waals surface area contributed by atoms with E-state index in [1.165, 1.54) is 45.0 Å². The van der Waals surface area contributed by atoms with Crippen molar-refractivity contribution in [3.8, 4) is 0 Å². The van der Waals surface area contributed by atoms with Crippen molar-refractivity contribution >= 4 is 22.6 Å². The van der Waals surface area contributed by atoms with Gasteiger partial charge in [0.1, 0.15) is 0 Å². The van der Waals surface area contributed by atoms with E-state index in [2.05, 4.69) is 25.2 Å². The Hall–Kier alpha value is -1.09. The van der Waals surface area contributed by atoms with Crippen LogP contribution in [0.5, 0.6) is 0 Å². The molecule has 2 rings (SSSR count). The molecule has 1 aromatic heterocycles. The van der Waals surface area contributed by atoms with Crippen LogP contribution in [-0.2, 0) is 19.4 Å². The molecule has 18 heavy (non-hydrogen) atoms. The van der Waals surface area contributed by atoms with E-state index >= 15 is 0 Å². The van der Waals surface area contributed by atoms with Crippen LogP contribution in [0.25, 0.3) is 5.32 Å². The Morgan fingerprint density at radius 3 is 2.83 bits per heavy atom. The number of aliphatic imine (C=N–C) groups is 1. The minimum atomic E-state index is 0.684. The molecule has 1 fully saturated rings. The number of nitrogens with zero attached hydrogens (tertiary/aromatic N) is 5. The van der Waals surface area contributed by atoms with E-state index in [4.69, 9.17) is 0 Å². The van der Waals surface area contributed by atoms with E-state index in [0.717, 1.165) is 24.7 Å². The van der Waals surface area contributed by atoms with E-state index in [1.807, 2.05) is 13.0 Å². The molecule has 2 heterocycles. The van der Waals surface area contributed by atoms with Crippen LogP contribution in [0.2, 0.25) is 0 Å². The average molecular weight is 414 g/mol. The second-order valence-corrected chi connectivity index (χ2v) is 4.97. The number of hydrogen-bond acceptors (Lipinski definition) is 4. The summed E-state index contributed by atoms with van der Waals surface area (Å²) in [5.41, 5.74) is 0.948. The molecule has 96 valence electrons. The Kier molecular flexibility index (Phi) is 4.99. The van der Waals surface area contributed by atoms with Gasteiger partial charge in [-0.1, -0.05) is 0 Å². The number of aromatic nitrogens is 2. The molecule has 6 heteroatoms. The summed E-state index contributed by atoms with van der Waals surface area (Å²) in [5, 5.41) is 4.22. The zero-order valence-electron chi connectivity index (χ0n) is 10.4. The fraction of sp³-hybridized carbons (Fsp3) is 0.500. The molecular weight excluding hydrogens is 398 g/mol. The third-order valence-corrected chi connectivity index (χ3v) is 3.22. The topological polar surface area (TPSA) is 55.5 Å². The van der Waals surface area contributed by atoms with Gasteiger partial charge in [-0.3, -0.25) is 0 Å². The zero-order valence-corrected chi connectivity index (χ0v) is 13.3. The van der Waals surface area contributed by atoms with Crippen LogP contribution in [0.4, 0.5) is 11.8 Å². The second kappa shape index (κ2) is 6.74. The van der Waals surface area contributed by atoms with Crippen molar-refractivity contribution in [1.29, 1.82) is 0 Å². The first-order valence-electron chi connectivity index (χ1n) is 6.06. The van der Waals surface area contributed by atoms with Gasteiger partial charge >= 0.3 is 118 Å². The van der Waals surface area contributed by atoms with Crippen LogP contribution in [0.3, 0.4) is 0 Å². The molecule has 0 radical (unpaired) electrons. The van der Waals surface area contributed by atoms with Gasteiger partial charge in [-0.2, -0.15) is 0 Å². The van der Waals surface area contributed by atoms with Gasteiger partial charge in [-0.15, -0.1) is 0 Å². The van der Waals surface area contributed by atoms with E-state index < -0.39 is 0 Å². The Labute approximate surface area is 118 Å². The quantitative estimate of drug-likeness (QED) is 0.561. The third kappa shape index (κ3) is 3.70. The van der Waals surface area contributed by atoms with Crippen molar-refractivity contribution in [3.63, 3.8) is 0 Å². The normalized spacial score (nSPS) is 15.9. The maximum absolute atomic E-state index is 4.49. The monoisotopic (exact) mass is 414 g/mol. The SMILES string of the molecule is Cc1cc([N-]C=N[CH]=[W])nc(N2CCCCC2)n1. The number of piperidine rings is 1. The first-order valence-corrected chi connectivity index (χ1v) is 7.76. The van der Waals surface area contributed by atoms with Crippen LogP contribution in [0.1, 0.15) is 25.0 Å². The fourth-order valence-corrected chi connectivity index (χ4v) is 2.15. The van der Waals surface area contributed by atoms with E-state index in [1.54, 1.807) is 4.52 Å². The molecule has 1 saturated heterocycles. The first-order chi connectivity index (χ1) is 8.79. The molecular formula is C12H16N5W-. The van der Waals surface area contributed by atoms with Crippen molar-refractivity contribution in [2.24, 2.45) is 4.99 Å². The van der Waals surface area contributed by atoms with Gasteiger partial charge in [0.2, 0.25) is 0 Å².